The van der Waals surface area contributed by atoms with Crippen molar-refractivity contribution in [1.82, 2.24) is 0 Å². The molecular weight excluding hydrogens is 360 g/mol. The maximum atomic E-state index is 11.0. The van der Waals surface area contributed by atoms with Gasteiger partial charge in [-0.3, -0.25) is 0 Å². The minimum atomic E-state index is -0.964. The van der Waals surface area contributed by atoms with Crippen molar-refractivity contribution >= 4 is 5.97 Å². The van der Waals surface area contributed by atoms with Crippen LogP contribution in [0.3, 0.4) is 0 Å². The van der Waals surface area contributed by atoms with Crippen molar-refractivity contribution in [2.24, 2.45) is 0 Å². The fourth-order valence-electron chi connectivity index (χ4n) is 3.69. The molecule has 0 saturated carbocycles. The van der Waals surface area contributed by atoms with Crippen molar-refractivity contribution in [2.75, 3.05) is 13.7 Å². The largest absolute Gasteiger partial charge is 0.494 e. The molecule has 0 amide bonds. The smallest absolute Gasteiger partial charge is 0.333 e. The summed E-state index contributed by atoms with van der Waals surface area (Å²) >= 11 is 0. The van der Waals surface area contributed by atoms with E-state index >= 15 is 0 Å². The van der Waals surface area contributed by atoms with Gasteiger partial charge in [0.15, 0.2) is 6.10 Å². The topological polar surface area (TPSA) is 82.0 Å². The number of carboxylic acids is 1. The van der Waals surface area contributed by atoms with E-state index in [4.69, 9.17) is 23.4 Å². The lowest BCUT2D eigenvalue weighted by Gasteiger charge is -2.12. The number of aliphatic carboxylic acids is 1. The van der Waals surface area contributed by atoms with Crippen LogP contribution in [0.15, 0.2) is 57.8 Å². The average Bonchev–Trinajstić information content (AvgIpc) is 3.39. The Kier molecular flexibility index (Phi) is 5.21. The monoisotopic (exact) mass is 382 g/mol. The Balaban J connectivity index is 1.28. The predicted molar refractivity (Wildman–Crippen MR) is 102 cm³/mol. The lowest BCUT2D eigenvalue weighted by molar-refractivity contribution is -0.148. The fourth-order valence-corrected chi connectivity index (χ4v) is 3.69. The van der Waals surface area contributed by atoms with Gasteiger partial charge in [-0.2, -0.15) is 0 Å². The molecule has 1 atom stereocenters. The van der Waals surface area contributed by atoms with Crippen LogP contribution in [0, 0.1) is 0 Å². The first kappa shape index (κ1) is 18.4. The van der Waals surface area contributed by atoms with Gasteiger partial charge in [0.1, 0.15) is 17.3 Å². The fraction of sp³-hybridized carbons (Fsp3) is 0.318. The third-order valence-electron chi connectivity index (χ3n) is 5.12. The zero-order chi connectivity index (χ0) is 19.5. The van der Waals surface area contributed by atoms with Crippen LogP contribution in [-0.4, -0.2) is 30.9 Å². The van der Waals surface area contributed by atoms with E-state index in [1.54, 1.807) is 12.5 Å². The molecule has 0 radical (unpaired) electrons. The molecule has 1 aliphatic rings. The Morgan fingerprint density at radius 1 is 1.07 bits per heavy atom. The first-order chi connectivity index (χ1) is 13.7. The van der Waals surface area contributed by atoms with Gasteiger partial charge in [0, 0.05) is 24.7 Å². The Morgan fingerprint density at radius 2 is 1.71 bits per heavy atom. The van der Waals surface area contributed by atoms with Crippen LogP contribution in [-0.2, 0) is 16.0 Å². The number of hydrogen-bond donors (Lipinski definition) is 1. The van der Waals surface area contributed by atoms with Crippen LogP contribution in [0.2, 0.25) is 0 Å². The summed E-state index contributed by atoms with van der Waals surface area (Å²) in [5.41, 5.74) is 3.14. The second-order valence-electron chi connectivity index (χ2n) is 6.85. The summed E-state index contributed by atoms with van der Waals surface area (Å²) < 4.78 is 22.1. The molecule has 146 valence electrons. The number of fused-ring (bicyclic) bond motifs is 3. The SMILES string of the molecule is COC(Cc1ccc(OCCCC2c3occc3-c3ccoc32)cc1)C(=O)O. The van der Waals surface area contributed by atoms with Crippen LogP contribution in [0.4, 0.5) is 0 Å². The van der Waals surface area contributed by atoms with E-state index in [1.807, 2.05) is 36.4 Å². The number of carbonyl (C=O) groups is 1. The average molecular weight is 382 g/mol. The molecule has 1 aromatic carbocycles. The number of rotatable bonds is 9. The molecule has 1 aliphatic carbocycles. The van der Waals surface area contributed by atoms with Gasteiger partial charge in [-0.15, -0.1) is 0 Å². The molecule has 4 rings (SSSR count). The highest BCUT2D eigenvalue weighted by molar-refractivity contribution is 5.74. The summed E-state index contributed by atoms with van der Waals surface area (Å²) in [5, 5.41) is 9.05. The molecule has 1 N–H and O–H groups in total. The van der Waals surface area contributed by atoms with Gasteiger partial charge in [-0.05, 0) is 42.7 Å². The third kappa shape index (κ3) is 3.55. The summed E-state index contributed by atoms with van der Waals surface area (Å²) in [4.78, 5) is 11.0. The number of carboxylic acid groups (broad SMARTS) is 1. The van der Waals surface area contributed by atoms with Gasteiger partial charge in [0.05, 0.1) is 25.1 Å². The molecule has 3 aromatic rings. The highest BCUT2D eigenvalue weighted by Gasteiger charge is 2.34. The highest BCUT2D eigenvalue weighted by atomic mass is 16.5. The lowest BCUT2D eigenvalue weighted by atomic mass is 10.0. The van der Waals surface area contributed by atoms with E-state index in [0.29, 0.717) is 13.0 Å². The zero-order valence-electron chi connectivity index (χ0n) is 15.6. The van der Waals surface area contributed by atoms with Crippen LogP contribution in [0.5, 0.6) is 5.75 Å². The van der Waals surface area contributed by atoms with E-state index < -0.39 is 12.1 Å². The Labute approximate surface area is 162 Å². The Bertz CT molecular complexity index is 896. The van der Waals surface area contributed by atoms with Crippen molar-refractivity contribution in [1.29, 1.82) is 0 Å². The second-order valence-corrected chi connectivity index (χ2v) is 6.85. The standard InChI is InChI=1S/C22H22O6/c1-25-19(22(23)24)13-14-4-6-15(7-5-14)26-10-2-3-18-20-16(8-11-27-20)17-9-12-28-21(17)18/h4-9,11-12,18-19H,2-3,10,13H2,1H3,(H,23,24). The summed E-state index contributed by atoms with van der Waals surface area (Å²) in [6.45, 7) is 0.581. The predicted octanol–water partition coefficient (Wildman–Crippen LogP) is 4.49. The molecule has 0 saturated heterocycles. The van der Waals surface area contributed by atoms with Crippen molar-refractivity contribution in [3.8, 4) is 16.9 Å². The number of methoxy groups -OCH3 is 1. The van der Waals surface area contributed by atoms with Crippen molar-refractivity contribution < 1.29 is 28.2 Å². The molecule has 0 spiro atoms. The molecule has 1 unspecified atom stereocenters. The summed E-state index contributed by atoms with van der Waals surface area (Å²) in [6.07, 6.45) is 4.68. The Hall–Kier alpha value is -2.99. The van der Waals surface area contributed by atoms with Crippen LogP contribution in [0.1, 0.15) is 35.8 Å². The van der Waals surface area contributed by atoms with Gasteiger partial charge < -0.3 is 23.4 Å². The van der Waals surface area contributed by atoms with Gasteiger partial charge >= 0.3 is 5.97 Å². The van der Waals surface area contributed by atoms with E-state index in [-0.39, 0.29) is 5.92 Å². The molecule has 6 heteroatoms. The summed E-state index contributed by atoms with van der Waals surface area (Å²) in [6, 6.07) is 11.4. The van der Waals surface area contributed by atoms with Crippen molar-refractivity contribution in [3.63, 3.8) is 0 Å². The van der Waals surface area contributed by atoms with Crippen molar-refractivity contribution in [3.05, 3.63) is 66.0 Å². The summed E-state index contributed by atoms with van der Waals surface area (Å²) in [7, 11) is 1.40. The van der Waals surface area contributed by atoms with Gasteiger partial charge in [-0.1, -0.05) is 12.1 Å². The molecule has 28 heavy (non-hydrogen) atoms. The Morgan fingerprint density at radius 3 is 2.29 bits per heavy atom. The van der Waals surface area contributed by atoms with Gasteiger partial charge in [0.25, 0.3) is 0 Å². The molecule has 2 heterocycles. The van der Waals surface area contributed by atoms with E-state index in [1.165, 1.54) is 7.11 Å². The number of furan rings is 2. The van der Waals surface area contributed by atoms with Gasteiger partial charge in [0.2, 0.25) is 0 Å². The quantitative estimate of drug-likeness (QED) is 0.549. The number of ether oxygens (including phenoxy) is 2. The molecule has 0 fully saturated rings. The molecule has 2 aromatic heterocycles. The highest BCUT2D eigenvalue weighted by Crippen LogP contribution is 2.47. The van der Waals surface area contributed by atoms with E-state index in [9.17, 15) is 4.79 Å². The maximum absolute atomic E-state index is 11.0. The minimum Gasteiger partial charge on any atom is -0.494 e. The summed E-state index contributed by atoms with van der Waals surface area (Å²) in [5.74, 6) is 1.89. The minimum absolute atomic E-state index is 0.142. The second kappa shape index (κ2) is 7.94. The zero-order valence-corrected chi connectivity index (χ0v) is 15.6. The van der Waals surface area contributed by atoms with E-state index in [2.05, 4.69) is 0 Å². The maximum Gasteiger partial charge on any atom is 0.333 e. The number of hydrogen-bond acceptors (Lipinski definition) is 5. The van der Waals surface area contributed by atoms with E-state index in [0.717, 1.165) is 46.8 Å². The van der Waals surface area contributed by atoms with Crippen LogP contribution >= 0.6 is 0 Å². The van der Waals surface area contributed by atoms with Gasteiger partial charge in [-0.25, -0.2) is 4.79 Å². The third-order valence-corrected chi connectivity index (χ3v) is 5.12. The molecule has 6 nitrogen and oxygen atoms in total. The molecule has 0 bridgehead atoms. The molecule has 0 aliphatic heterocycles. The van der Waals surface area contributed by atoms with Crippen molar-refractivity contribution in [2.45, 2.75) is 31.3 Å². The van der Waals surface area contributed by atoms with Crippen LogP contribution in [0.25, 0.3) is 11.1 Å². The molecular formula is C22H22O6. The normalized spacial score (nSPS) is 13.9. The first-order valence-corrected chi connectivity index (χ1v) is 9.30. The van der Waals surface area contributed by atoms with Crippen LogP contribution < -0.4 is 4.74 Å². The lowest BCUT2D eigenvalue weighted by Crippen LogP contribution is -2.24. The first-order valence-electron chi connectivity index (χ1n) is 9.30. The number of benzene rings is 1.